The van der Waals surface area contributed by atoms with Gasteiger partial charge in [-0.15, -0.1) is 10.2 Å². The second-order valence-electron chi connectivity index (χ2n) is 3.49. The second-order valence-corrected chi connectivity index (χ2v) is 3.49. The number of carboxylic acids is 1. The Kier molecular flexibility index (Phi) is 1.79. The molecule has 1 aliphatic heterocycles. The molecule has 0 bridgehead atoms. The smallest absolute Gasteiger partial charge is 0.374 e. The van der Waals surface area contributed by atoms with Gasteiger partial charge >= 0.3 is 5.97 Å². The van der Waals surface area contributed by atoms with Gasteiger partial charge in [-0.3, -0.25) is 0 Å². The minimum atomic E-state index is -0.992. The van der Waals surface area contributed by atoms with Crippen LogP contribution in [0.4, 0.5) is 0 Å². The average molecular weight is 181 g/mol. The third kappa shape index (κ3) is 1.30. The van der Waals surface area contributed by atoms with Crippen LogP contribution in [0.15, 0.2) is 0 Å². The number of carboxylic acid groups (broad SMARTS) is 1. The number of aromatic carboxylic acids is 1. The molecule has 1 aliphatic rings. The van der Waals surface area contributed by atoms with Crippen LogP contribution >= 0.6 is 0 Å². The summed E-state index contributed by atoms with van der Waals surface area (Å²) in [7, 11) is 0. The minimum Gasteiger partial charge on any atom is -0.475 e. The van der Waals surface area contributed by atoms with Gasteiger partial charge in [0.25, 0.3) is 0 Å². The van der Waals surface area contributed by atoms with E-state index in [1.165, 1.54) is 0 Å². The Morgan fingerprint density at radius 1 is 1.62 bits per heavy atom. The van der Waals surface area contributed by atoms with E-state index < -0.39 is 5.97 Å². The van der Waals surface area contributed by atoms with Crippen molar-refractivity contribution in [3.63, 3.8) is 0 Å². The quantitative estimate of drug-likeness (QED) is 0.687. The molecule has 0 aliphatic carbocycles. The molecule has 1 unspecified atom stereocenters. The van der Waals surface area contributed by atoms with E-state index in [0.29, 0.717) is 5.92 Å². The summed E-state index contributed by atoms with van der Waals surface area (Å²) >= 11 is 0. The van der Waals surface area contributed by atoms with Gasteiger partial charge in [-0.1, -0.05) is 6.92 Å². The van der Waals surface area contributed by atoms with Gasteiger partial charge in [-0.25, -0.2) is 4.79 Å². The van der Waals surface area contributed by atoms with E-state index in [9.17, 15) is 4.79 Å². The van der Waals surface area contributed by atoms with Gasteiger partial charge < -0.3 is 9.67 Å². The molecular weight excluding hydrogens is 170 g/mol. The molecule has 5 nitrogen and oxygen atoms in total. The number of hydrogen-bond acceptors (Lipinski definition) is 3. The Balaban J connectivity index is 2.39. The molecule has 1 aromatic rings. The summed E-state index contributed by atoms with van der Waals surface area (Å²) in [6.07, 6.45) is 1.84. The molecule has 0 saturated carbocycles. The van der Waals surface area contributed by atoms with Crippen molar-refractivity contribution in [2.24, 2.45) is 5.92 Å². The molecule has 0 fully saturated rings. The molecule has 1 N–H and O–H groups in total. The third-order valence-electron chi connectivity index (χ3n) is 2.40. The van der Waals surface area contributed by atoms with E-state index in [4.69, 9.17) is 5.11 Å². The molecule has 1 atom stereocenters. The lowest BCUT2D eigenvalue weighted by atomic mass is 10.0. The number of carbonyl (C=O) groups is 1. The largest absolute Gasteiger partial charge is 0.475 e. The van der Waals surface area contributed by atoms with Crippen molar-refractivity contribution in [3.8, 4) is 0 Å². The fourth-order valence-corrected chi connectivity index (χ4v) is 1.64. The fraction of sp³-hybridized carbons (Fsp3) is 0.625. The maximum Gasteiger partial charge on any atom is 0.374 e. The number of hydrogen-bond donors (Lipinski definition) is 1. The van der Waals surface area contributed by atoms with Crippen LogP contribution < -0.4 is 0 Å². The van der Waals surface area contributed by atoms with Crippen molar-refractivity contribution < 1.29 is 9.90 Å². The Bertz CT molecular complexity index is 345. The predicted molar refractivity (Wildman–Crippen MR) is 44.5 cm³/mol. The number of fused-ring (bicyclic) bond motifs is 1. The van der Waals surface area contributed by atoms with Gasteiger partial charge in [-0.05, 0) is 12.3 Å². The molecule has 0 spiro atoms. The second kappa shape index (κ2) is 2.83. The van der Waals surface area contributed by atoms with E-state index in [1.807, 2.05) is 0 Å². The van der Waals surface area contributed by atoms with Gasteiger partial charge in [0, 0.05) is 13.0 Å². The highest BCUT2D eigenvalue weighted by Crippen LogP contribution is 2.19. The van der Waals surface area contributed by atoms with Crippen LogP contribution in [0.5, 0.6) is 0 Å². The average Bonchev–Trinajstić information content (AvgIpc) is 2.46. The van der Waals surface area contributed by atoms with Crippen LogP contribution in [0.1, 0.15) is 29.8 Å². The first-order chi connectivity index (χ1) is 6.18. The van der Waals surface area contributed by atoms with E-state index in [-0.39, 0.29) is 5.82 Å². The maximum absolute atomic E-state index is 10.7. The number of rotatable bonds is 1. The predicted octanol–water partition coefficient (Wildman–Crippen LogP) is 0.559. The Hall–Kier alpha value is -1.39. The Morgan fingerprint density at radius 3 is 3.08 bits per heavy atom. The van der Waals surface area contributed by atoms with Crippen LogP contribution in [-0.2, 0) is 13.0 Å². The molecule has 13 heavy (non-hydrogen) atoms. The summed E-state index contributed by atoms with van der Waals surface area (Å²) in [5.41, 5.74) is 0. The fourth-order valence-electron chi connectivity index (χ4n) is 1.64. The Labute approximate surface area is 75.4 Å². The first-order valence-corrected chi connectivity index (χ1v) is 4.34. The van der Waals surface area contributed by atoms with Crippen LogP contribution in [-0.4, -0.2) is 25.8 Å². The Morgan fingerprint density at radius 2 is 2.38 bits per heavy atom. The van der Waals surface area contributed by atoms with Gasteiger partial charge in [0.05, 0.1) is 0 Å². The van der Waals surface area contributed by atoms with E-state index in [2.05, 4.69) is 17.1 Å². The highest BCUT2D eigenvalue weighted by molar-refractivity contribution is 5.83. The van der Waals surface area contributed by atoms with Crippen LogP contribution in [0.3, 0.4) is 0 Å². The SMILES string of the molecule is CC1CCn2c(nnc2C(=O)O)C1. The first kappa shape index (κ1) is 8.22. The molecular formula is C8H11N3O2. The van der Waals surface area contributed by atoms with E-state index in [1.54, 1.807) is 4.57 Å². The zero-order chi connectivity index (χ0) is 9.42. The van der Waals surface area contributed by atoms with E-state index in [0.717, 1.165) is 25.2 Å². The van der Waals surface area contributed by atoms with Crippen molar-refractivity contribution >= 4 is 5.97 Å². The molecule has 1 aromatic heterocycles. The molecule has 5 heteroatoms. The van der Waals surface area contributed by atoms with E-state index >= 15 is 0 Å². The summed E-state index contributed by atoms with van der Waals surface area (Å²) in [5, 5.41) is 16.3. The highest BCUT2D eigenvalue weighted by Gasteiger charge is 2.23. The maximum atomic E-state index is 10.7. The molecule has 2 heterocycles. The van der Waals surface area contributed by atoms with Gasteiger partial charge in [0.2, 0.25) is 5.82 Å². The minimum absolute atomic E-state index is 0.0712. The van der Waals surface area contributed by atoms with Gasteiger partial charge in [-0.2, -0.15) is 0 Å². The molecule has 70 valence electrons. The first-order valence-electron chi connectivity index (χ1n) is 4.34. The summed E-state index contributed by atoms with van der Waals surface area (Å²) in [4.78, 5) is 10.7. The summed E-state index contributed by atoms with van der Waals surface area (Å²) < 4.78 is 1.70. The van der Waals surface area contributed by atoms with Gasteiger partial charge in [0.1, 0.15) is 5.82 Å². The lowest BCUT2D eigenvalue weighted by Gasteiger charge is -2.19. The third-order valence-corrected chi connectivity index (χ3v) is 2.40. The molecule has 0 saturated heterocycles. The van der Waals surface area contributed by atoms with Crippen molar-refractivity contribution in [2.75, 3.05) is 0 Å². The topological polar surface area (TPSA) is 68.0 Å². The van der Waals surface area contributed by atoms with Crippen molar-refractivity contribution in [2.45, 2.75) is 26.3 Å². The zero-order valence-electron chi connectivity index (χ0n) is 7.40. The lowest BCUT2D eigenvalue weighted by molar-refractivity contribution is 0.0676. The standard InChI is InChI=1S/C8H11N3O2/c1-5-2-3-11-6(4-5)9-10-7(11)8(12)13/h5H,2-4H2,1H3,(H,12,13). The van der Waals surface area contributed by atoms with Crippen molar-refractivity contribution in [1.29, 1.82) is 0 Å². The summed E-state index contributed by atoms with van der Waals surface area (Å²) in [6, 6.07) is 0. The lowest BCUT2D eigenvalue weighted by Crippen LogP contribution is -2.20. The van der Waals surface area contributed by atoms with Crippen molar-refractivity contribution in [3.05, 3.63) is 11.6 Å². The zero-order valence-corrected chi connectivity index (χ0v) is 7.40. The monoisotopic (exact) mass is 181 g/mol. The normalized spacial score (nSPS) is 21.2. The molecule has 2 rings (SSSR count). The van der Waals surface area contributed by atoms with Crippen molar-refractivity contribution in [1.82, 2.24) is 14.8 Å². The summed E-state index contributed by atoms with van der Waals surface area (Å²) in [6.45, 7) is 2.86. The number of nitrogens with zero attached hydrogens (tertiary/aromatic N) is 3. The molecule has 0 aromatic carbocycles. The number of aromatic nitrogens is 3. The van der Waals surface area contributed by atoms with Crippen LogP contribution in [0, 0.1) is 5.92 Å². The van der Waals surface area contributed by atoms with Crippen LogP contribution in [0.25, 0.3) is 0 Å². The molecule has 0 amide bonds. The van der Waals surface area contributed by atoms with Gasteiger partial charge in [0.15, 0.2) is 0 Å². The summed E-state index contributed by atoms with van der Waals surface area (Å²) in [5.74, 6) is 0.463. The van der Waals surface area contributed by atoms with Crippen LogP contribution in [0.2, 0.25) is 0 Å². The highest BCUT2D eigenvalue weighted by atomic mass is 16.4. The molecule has 0 radical (unpaired) electrons.